The number of hydrogen-bond donors (Lipinski definition) is 2. The van der Waals surface area contributed by atoms with Crippen LogP contribution in [0.25, 0.3) is 10.2 Å². The number of thiazole rings is 1. The maximum atomic E-state index is 12.3. The van der Waals surface area contributed by atoms with E-state index in [-0.39, 0.29) is 25.1 Å². The van der Waals surface area contributed by atoms with Gasteiger partial charge in [0.05, 0.1) is 29.9 Å². The van der Waals surface area contributed by atoms with Gasteiger partial charge < -0.3 is 14.8 Å². The Morgan fingerprint density at radius 1 is 1.00 bits per heavy atom. The summed E-state index contributed by atoms with van der Waals surface area (Å²) in [6.45, 7) is 4.85. The molecular weight excluding hydrogens is 454 g/mol. The van der Waals surface area contributed by atoms with Crippen molar-refractivity contribution in [3.63, 3.8) is 0 Å². The lowest BCUT2D eigenvalue weighted by Crippen LogP contribution is -2.51. The van der Waals surface area contributed by atoms with E-state index >= 15 is 0 Å². The Kier molecular flexibility index (Phi) is 6.89. The van der Waals surface area contributed by atoms with Crippen LogP contribution in [0.4, 0.5) is 4.79 Å². The molecule has 3 aromatic rings. The zero-order valence-corrected chi connectivity index (χ0v) is 19.6. The third-order valence-electron chi connectivity index (χ3n) is 5.84. The molecule has 0 radical (unpaired) electrons. The molecule has 1 atom stereocenters. The molecule has 178 valence electrons. The molecular formula is C24H27N5O4S. The highest BCUT2D eigenvalue weighted by Crippen LogP contribution is 2.30. The lowest BCUT2D eigenvalue weighted by atomic mass is 10.2. The molecule has 0 unspecified atom stereocenters. The lowest BCUT2D eigenvalue weighted by Gasteiger charge is -2.33. The molecule has 0 aliphatic carbocycles. The normalized spacial score (nSPS) is 18.5. The minimum atomic E-state index is -0.526. The quantitative estimate of drug-likeness (QED) is 0.557. The van der Waals surface area contributed by atoms with E-state index in [9.17, 15) is 9.59 Å². The minimum absolute atomic E-state index is 0.193. The predicted octanol–water partition coefficient (Wildman–Crippen LogP) is 2.08. The Morgan fingerprint density at radius 3 is 2.56 bits per heavy atom. The minimum Gasteiger partial charge on any atom is -0.486 e. The van der Waals surface area contributed by atoms with Gasteiger partial charge >= 0.3 is 6.03 Å². The summed E-state index contributed by atoms with van der Waals surface area (Å²) in [5, 5.41) is 6.20. The molecule has 2 aromatic carbocycles. The average molecular weight is 482 g/mol. The molecule has 1 aromatic heterocycles. The van der Waals surface area contributed by atoms with E-state index in [1.165, 1.54) is 4.70 Å². The van der Waals surface area contributed by atoms with Gasteiger partial charge in [0.15, 0.2) is 17.6 Å². The molecule has 1 saturated heterocycles. The Bertz CT molecular complexity index is 1130. The number of benzene rings is 2. The standard InChI is InChI=1S/C24H27N5O4S/c30-22(27-24(31)25-13-17-16-32-19-6-2-3-7-20(19)33-17)14-28-9-11-29(12-10-28)15-23-26-18-5-1-4-8-21(18)34-23/h1-8,17H,9-16H2,(H2,25,27,30,31)/t17-/m1/s1. The molecule has 5 rings (SSSR count). The summed E-state index contributed by atoms with van der Waals surface area (Å²) in [5.41, 5.74) is 1.04. The van der Waals surface area contributed by atoms with Crippen LogP contribution in [0.15, 0.2) is 48.5 Å². The molecule has 3 heterocycles. The van der Waals surface area contributed by atoms with Crippen molar-refractivity contribution in [1.29, 1.82) is 0 Å². The van der Waals surface area contributed by atoms with Gasteiger partial charge in [0, 0.05) is 26.2 Å². The highest BCUT2D eigenvalue weighted by Gasteiger charge is 2.23. The second-order valence-electron chi connectivity index (χ2n) is 8.38. The van der Waals surface area contributed by atoms with Crippen molar-refractivity contribution in [2.75, 3.05) is 45.9 Å². The number of carbonyl (C=O) groups is 2. The van der Waals surface area contributed by atoms with Gasteiger partial charge in [0.25, 0.3) is 0 Å². The van der Waals surface area contributed by atoms with E-state index in [2.05, 4.69) is 26.5 Å². The van der Waals surface area contributed by atoms with Crippen molar-refractivity contribution in [3.05, 3.63) is 53.5 Å². The number of fused-ring (bicyclic) bond motifs is 2. The number of piperazine rings is 1. The summed E-state index contributed by atoms with van der Waals surface area (Å²) >= 11 is 1.73. The molecule has 0 saturated carbocycles. The van der Waals surface area contributed by atoms with Crippen LogP contribution in [0, 0.1) is 0 Å². The predicted molar refractivity (Wildman–Crippen MR) is 129 cm³/mol. The zero-order valence-electron chi connectivity index (χ0n) is 18.7. The first-order chi connectivity index (χ1) is 16.6. The summed E-state index contributed by atoms with van der Waals surface area (Å²) in [5.74, 6) is 1.03. The average Bonchev–Trinajstić information content (AvgIpc) is 3.26. The number of nitrogens with one attached hydrogen (secondary N) is 2. The maximum absolute atomic E-state index is 12.3. The highest BCUT2D eigenvalue weighted by molar-refractivity contribution is 7.18. The van der Waals surface area contributed by atoms with Gasteiger partial charge in [0.2, 0.25) is 5.91 Å². The number of rotatable bonds is 6. The molecule has 2 aliphatic rings. The Labute approximate surface area is 201 Å². The fourth-order valence-corrected chi connectivity index (χ4v) is 5.08. The van der Waals surface area contributed by atoms with Crippen LogP contribution < -0.4 is 20.1 Å². The third kappa shape index (κ3) is 5.64. The maximum Gasteiger partial charge on any atom is 0.321 e. The van der Waals surface area contributed by atoms with Crippen molar-refractivity contribution >= 4 is 33.5 Å². The Hall–Kier alpha value is -3.21. The zero-order chi connectivity index (χ0) is 23.3. The van der Waals surface area contributed by atoms with Gasteiger partial charge in [-0.05, 0) is 24.3 Å². The van der Waals surface area contributed by atoms with E-state index < -0.39 is 6.03 Å². The molecule has 0 spiro atoms. The van der Waals surface area contributed by atoms with Crippen LogP contribution in [0.3, 0.4) is 0 Å². The van der Waals surface area contributed by atoms with Gasteiger partial charge in [-0.15, -0.1) is 11.3 Å². The van der Waals surface area contributed by atoms with E-state index in [1.54, 1.807) is 11.3 Å². The topological polar surface area (TPSA) is 96.0 Å². The number of aromatic nitrogens is 1. The number of imide groups is 1. The summed E-state index contributed by atoms with van der Waals surface area (Å²) in [6, 6.07) is 15.1. The molecule has 34 heavy (non-hydrogen) atoms. The number of ether oxygens (including phenoxy) is 2. The summed E-state index contributed by atoms with van der Waals surface area (Å²) in [4.78, 5) is 33.6. The van der Waals surface area contributed by atoms with E-state index in [0.29, 0.717) is 18.1 Å². The van der Waals surface area contributed by atoms with E-state index in [1.807, 2.05) is 42.5 Å². The summed E-state index contributed by atoms with van der Waals surface area (Å²) in [6.07, 6.45) is -0.306. The summed E-state index contributed by atoms with van der Waals surface area (Å²) in [7, 11) is 0. The van der Waals surface area contributed by atoms with Gasteiger partial charge in [-0.3, -0.25) is 19.9 Å². The fraction of sp³-hybridized carbons (Fsp3) is 0.375. The van der Waals surface area contributed by atoms with E-state index in [0.717, 1.165) is 43.2 Å². The molecule has 3 amide bonds. The van der Waals surface area contributed by atoms with Crippen LogP contribution in [0.5, 0.6) is 11.5 Å². The fourth-order valence-electron chi connectivity index (χ4n) is 4.07. The van der Waals surface area contributed by atoms with Crippen LogP contribution in [-0.2, 0) is 11.3 Å². The number of hydrogen-bond acceptors (Lipinski definition) is 8. The van der Waals surface area contributed by atoms with Crippen molar-refractivity contribution in [1.82, 2.24) is 25.4 Å². The third-order valence-corrected chi connectivity index (χ3v) is 6.86. The molecule has 2 aliphatic heterocycles. The van der Waals surface area contributed by atoms with Crippen LogP contribution in [0.2, 0.25) is 0 Å². The lowest BCUT2D eigenvalue weighted by molar-refractivity contribution is -0.121. The number of carbonyl (C=O) groups excluding carboxylic acids is 2. The first kappa shape index (κ1) is 22.6. The SMILES string of the molecule is O=C(CN1CCN(Cc2nc3ccccc3s2)CC1)NC(=O)NC[C@@H]1COc2ccccc2O1. The smallest absolute Gasteiger partial charge is 0.321 e. The van der Waals surface area contributed by atoms with Crippen molar-refractivity contribution in [2.24, 2.45) is 0 Å². The highest BCUT2D eigenvalue weighted by atomic mass is 32.1. The van der Waals surface area contributed by atoms with E-state index in [4.69, 9.17) is 14.5 Å². The van der Waals surface area contributed by atoms with Crippen molar-refractivity contribution in [2.45, 2.75) is 12.6 Å². The number of para-hydroxylation sites is 3. The Balaban J connectivity index is 1.00. The first-order valence-corrected chi connectivity index (χ1v) is 12.2. The molecule has 10 heteroatoms. The monoisotopic (exact) mass is 481 g/mol. The van der Waals surface area contributed by atoms with Crippen LogP contribution >= 0.6 is 11.3 Å². The number of nitrogens with zero attached hydrogens (tertiary/aromatic N) is 3. The van der Waals surface area contributed by atoms with Gasteiger partial charge in [-0.1, -0.05) is 24.3 Å². The molecule has 0 bridgehead atoms. The second-order valence-corrected chi connectivity index (χ2v) is 9.50. The number of amides is 3. The molecule has 1 fully saturated rings. The molecule has 2 N–H and O–H groups in total. The molecule has 9 nitrogen and oxygen atoms in total. The Morgan fingerprint density at radius 2 is 1.74 bits per heavy atom. The number of urea groups is 1. The van der Waals surface area contributed by atoms with Gasteiger partial charge in [-0.2, -0.15) is 0 Å². The second kappa shape index (κ2) is 10.4. The van der Waals surface area contributed by atoms with Crippen molar-refractivity contribution in [3.8, 4) is 11.5 Å². The van der Waals surface area contributed by atoms with Gasteiger partial charge in [-0.25, -0.2) is 9.78 Å². The first-order valence-electron chi connectivity index (χ1n) is 11.4. The van der Waals surface area contributed by atoms with Crippen LogP contribution in [-0.4, -0.2) is 78.7 Å². The van der Waals surface area contributed by atoms with Gasteiger partial charge in [0.1, 0.15) is 11.6 Å². The van der Waals surface area contributed by atoms with Crippen molar-refractivity contribution < 1.29 is 19.1 Å². The largest absolute Gasteiger partial charge is 0.486 e. The summed E-state index contributed by atoms with van der Waals surface area (Å²) < 4.78 is 12.7. The van der Waals surface area contributed by atoms with Crippen LogP contribution in [0.1, 0.15) is 5.01 Å².